The number of aliphatic hydroxyl groups is 2. The number of halogens is 2. The maximum atomic E-state index is 14.2. The van der Waals surface area contributed by atoms with Gasteiger partial charge in [0.25, 0.3) is 0 Å². The van der Waals surface area contributed by atoms with Gasteiger partial charge in [-0.05, 0) is 54.0 Å². The number of benzene rings is 1. The summed E-state index contributed by atoms with van der Waals surface area (Å²) in [4.78, 5) is 1.91. The largest absolute Gasteiger partial charge is 0.363 e. The molecule has 3 aliphatic heterocycles. The highest BCUT2D eigenvalue weighted by Gasteiger charge is 2.39. The van der Waals surface area contributed by atoms with E-state index in [2.05, 4.69) is 12.0 Å². The molecule has 0 radical (unpaired) electrons. The van der Waals surface area contributed by atoms with Gasteiger partial charge in [-0.3, -0.25) is 9.91 Å². The summed E-state index contributed by atoms with van der Waals surface area (Å²) in [6, 6.07) is 5.94. The van der Waals surface area contributed by atoms with Crippen LogP contribution in [0.4, 0.5) is 8.78 Å². The number of nitrogens with one attached hydrogen (secondary N) is 1. The highest BCUT2D eigenvalue weighted by molar-refractivity contribution is 5.44. The van der Waals surface area contributed by atoms with Crippen molar-refractivity contribution in [2.75, 3.05) is 6.54 Å². The van der Waals surface area contributed by atoms with Crippen molar-refractivity contribution in [1.82, 2.24) is 15.3 Å². The van der Waals surface area contributed by atoms with E-state index in [4.69, 9.17) is 0 Å². The van der Waals surface area contributed by atoms with Crippen LogP contribution >= 0.6 is 0 Å². The van der Waals surface area contributed by atoms with Crippen molar-refractivity contribution >= 4 is 0 Å². The smallest absolute Gasteiger partial charge is 0.195 e. The first-order valence-electron chi connectivity index (χ1n) is 8.80. The standard InChI is InChI=1S/C20H21F2N3O2/c1-12-7-16-5-6-19(23-25(16)18(8-12)20(26)27)24-11-15(22)10-17(24)13-3-2-4-14(21)9-13/h2-9,15,17,19-20,23,26-27H,1,10-11H2/t15-,17?,19?/m0/s1. The van der Waals surface area contributed by atoms with Crippen LogP contribution in [0.1, 0.15) is 18.0 Å². The molecular weight excluding hydrogens is 352 g/mol. The van der Waals surface area contributed by atoms with Crippen LogP contribution in [0.3, 0.4) is 0 Å². The summed E-state index contributed by atoms with van der Waals surface area (Å²) >= 11 is 0. The maximum absolute atomic E-state index is 14.2. The lowest BCUT2D eigenvalue weighted by Gasteiger charge is -2.42. The molecule has 2 unspecified atom stereocenters. The first-order valence-corrected chi connectivity index (χ1v) is 8.80. The minimum absolute atomic E-state index is 0.198. The number of nitrogens with zero attached hydrogens (tertiary/aromatic N) is 2. The molecule has 1 aromatic rings. The van der Waals surface area contributed by atoms with E-state index in [1.807, 2.05) is 17.1 Å². The predicted molar refractivity (Wildman–Crippen MR) is 96.8 cm³/mol. The van der Waals surface area contributed by atoms with Crippen molar-refractivity contribution in [2.45, 2.75) is 31.1 Å². The van der Waals surface area contributed by atoms with E-state index < -0.39 is 12.5 Å². The Morgan fingerprint density at radius 2 is 2.07 bits per heavy atom. The Balaban J connectivity index is 1.63. The number of likely N-dealkylation sites (tertiary alicyclic amines) is 1. The van der Waals surface area contributed by atoms with Crippen molar-refractivity contribution in [3.8, 4) is 0 Å². The normalized spacial score (nSPS) is 28.4. The molecule has 3 N–H and O–H groups in total. The zero-order valence-corrected chi connectivity index (χ0v) is 14.6. The number of hydrazine groups is 1. The minimum Gasteiger partial charge on any atom is -0.363 e. The number of allylic oxidation sites excluding steroid dienone is 4. The summed E-state index contributed by atoms with van der Waals surface area (Å²) in [7, 11) is 0. The summed E-state index contributed by atoms with van der Waals surface area (Å²) in [6.45, 7) is 4.04. The third kappa shape index (κ3) is 3.46. The molecule has 0 saturated carbocycles. The van der Waals surface area contributed by atoms with E-state index in [1.165, 1.54) is 12.1 Å². The van der Waals surface area contributed by atoms with Gasteiger partial charge < -0.3 is 10.2 Å². The molecule has 0 spiro atoms. The molecule has 3 aliphatic rings. The Labute approximate surface area is 156 Å². The second kappa shape index (κ2) is 7.01. The van der Waals surface area contributed by atoms with Crippen LogP contribution in [0.15, 0.2) is 72.1 Å². The van der Waals surface area contributed by atoms with Gasteiger partial charge in [-0.2, -0.15) is 0 Å². The second-order valence-corrected chi connectivity index (χ2v) is 6.96. The van der Waals surface area contributed by atoms with Gasteiger partial charge in [0.05, 0.1) is 17.6 Å². The highest BCUT2D eigenvalue weighted by Crippen LogP contribution is 2.37. The van der Waals surface area contributed by atoms with E-state index >= 15 is 0 Å². The first-order chi connectivity index (χ1) is 12.9. The number of rotatable bonds is 3. The van der Waals surface area contributed by atoms with Crippen LogP contribution in [0, 0.1) is 5.82 Å². The van der Waals surface area contributed by atoms with Gasteiger partial charge in [-0.15, -0.1) is 0 Å². The van der Waals surface area contributed by atoms with Gasteiger partial charge in [0.2, 0.25) is 0 Å². The van der Waals surface area contributed by atoms with E-state index in [0.29, 0.717) is 11.3 Å². The highest BCUT2D eigenvalue weighted by atomic mass is 19.1. The molecule has 3 atom stereocenters. The van der Waals surface area contributed by atoms with Gasteiger partial charge in [-0.1, -0.05) is 18.7 Å². The summed E-state index contributed by atoms with van der Waals surface area (Å²) in [5.41, 5.74) is 5.52. The van der Waals surface area contributed by atoms with Crippen LogP contribution < -0.4 is 5.43 Å². The number of aliphatic hydroxyl groups excluding tert-OH is 1. The molecule has 1 aromatic carbocycles. The van der Waals surface area contributed by atoms with Crippen LogP contribution in [0.2, 0.25) is 0 Å². The molecule has 4 rings (SSSR count). The van der Waals surface area contributed by atoms with Gasteiger partial charge in [-0.25, -0.2) is 14.2 Å². The fourth-order valence-electron chi connectivity index (χ4n) is 3.87. The van der Waals surface area contributed by atoms with E-state index in [1.54, 1.807) is 29.3 Å². The topological polar surface area (TPSA) is 59.0 Å². The lowest BCUT2D eigenvalue weighted by Crippen LogP contribution is -2.55. The SMILES string of the molecule is C=C1C=C2C=CC(N3C[C@@H](F)CC3c3cccc(F)c3)NN2C(C(O)O)=C1. The maximum Gasteiger partial charge on any atom is 0.195 e. The molecule has 27 heavy (non-hydrogen) atoms. The molecule has 3 heterocycles. The minimum atomic E-state index is -1.68. The fraction of sp³-hybridized carbons (Fsp3) is 0.300. The Kier molecular flexibility index (Phi) is 4.69. The Bertz CT molecular complexity index is 849. The third-order valence-electron chi connectivity index (χ3n) is 5.04. The van der Waals surface area contributed by atoms with Gasteiger partial charge in [0.15, 0.2) is 6.29 Å². The second-order valence-electron chi connectivity index (χ2n) is 6.96. The molecule has 0 amide bonds. The molecule has 0 aliphatic carbocycles. The van der Waals surface area contributed by atoms with Crippen LogP contribution in [-0.4, -0.2) is 45.3 Å². The summed E-state index contributed by atoms with van der Waals surface area (Å²) in [6.07, 6.45) is 4.27. The lowest BCUT2D eigenvalue weighted by atomic mass is 10.0. The Morgan fingerprint density at radius 1 is 1.26 bits per heavy atom. The zero-order valence-electron chi connectivity index (χ0n) is 14.6. The summed E-state index contributed by atoms with van der Waals surface area (Å²) < 4.78 is 27.9. The number of hydrogen-bond donors (Lipinski definition) is 3. The first kappa shape index (κ1) is 18.1. The lowest BCUT2D eigenvalue weighted by molar-refractivity contribution is -0.0361. The predicted octanol–water partition coefficient (Wildman–Crippen LogP) is 2.26. The molecule has 142 valence electrons. The van der Waals surface area contributed by atoms with Crippen molar-refractivity contribution in [2.24, 2.45) is 0 Å². The van der Waals surface area contributed by atoms with Gasteiger partial charge in [0.1, 0.15) is 12.0 Å². The quantitative estimate of drug-likeness (QED) is 0.710. The van der Waals surface area contributed by atoms with E-state index in [0.717, 1.165) is 5.56 Å². The molecule has 7 heteroatoms. The molecule has 0 aromatic heterocycles. The number of alkyl halides is 1. The van der Waals surface area contributed by atoms with Crippen molar-refractivity contribution in [3.05, 3.63) is 83.5 Å². The number of hydrogen-bond acceptors (Lipinski definition) is 5. The van der Waals surface area contributed by atoms with Crippen molar-refractivity contribution in [3.63, 3.8) is 0 Å². The third-order valence-corrected chi connectivity index (χ3v) is 5.04. The molecule has 0 bridgehead atoms. The molecule has 1 fully saturated rings. The molecule has 5 nitrogen and oxygen atoms in total. The summed E-state index contributed by atoms with van der Waals surface area (Å²) in [5.74, 6) is -0.352. The van der Waals surface area contributed by atoms with E-state index in [-0.39, 0.29) is 36.7 Å². The van der Waals surface area contributed by atoms with Crippen LogP contribution in [0.5, 0.6) is 0 Å². The fourth-order valence-corrected chi connectivity index (χ4v) is 3.87. The van der Waals surface area contributed by atoms with Gasteiger partial charge >= 0.3 is 0 Å². The number of fused-ring (bicyclic) bond motifs is 1. The molecule has 1 saturated heterocycles. The van der Waals surface area contributed by atoms with E-state index in [9.17, 15) is 19.0 Å². The summed E-state index contributed by atoms with van der Waals surface area (Å²) in [5, 5.41) is 20.9. The monoisotopic (exact) mass is 373 g/mol. The molecular formula is C20H21F2N3O2. The Morgan fingerprint density at radius 3 is 2.81 bits per heavy atom. The average Bonchev–Trinajstić information content (AvgIpc) is 3.02. The van der Waals surface area contributed by atoms with Crippen LogP contribution in [-0.2, 0) is 0 Å². The van der Waals surface area contributed by atoms with Crippen LogP contribution in [0.25, 0.3) is 0 Å². The Hall–Kier alpha value is -2.32. The van der Waals surface area contributed by atoms with Gasteiger partial charge in [0, 0.05) is 12.6 Å². The zero-order chi connectivity index (χ0) is 19.1. The average molecular weight is 373 g/mol. The van der Waals surface area contributed by atoms with Crippen molar-refractivity contribution in [1.29, 1.82) is 0 Å². The van der Waals surface area contributed by atoms with Crippen molar-refractivity contribution < 1.29 is 19.0 Å².